The number of nitro benzene ring substituents is 1. The van der Waals surface area contributed by atoms with Crippen LogP contribution < -0.4 is 4.90 Å². The lowest BCUT2D eigenvalue weighted by atomic mass is 10.1. The quantitative estimate of drug-likeness (QED) is 0.522. The summed E-state index contributed by atoms with van der Waals surface area (Å²) in [6.45, 7) is 0.479. The highest BCUT2D eigenvalue weighted by Gasteiger charge is 2.28. The standard InChI is InChI=1S/C18H13ClN4O3/c19-15-3-1-2-4-17(15)22-11-13(10-20-22)18(24)21-8-7-12-9-14(23(25)26)5-6-16(12)21/h1-6,9-11H,7-8H2. The van der Waals surface area contributed by atoms with Gasteiger partial charge in [0.15, 0.2) is 0 Å². The van der Waals surface area contributed by atoms with Crippen molar-refractivity contribution < 1.29 is 9.72 Å². The van der Waals surface area contributed by atoms with Crippen molar-refractivity contribution in [3.8, 4) is 5.69 Å². The van der Waals surface area contributed by atoms with Crippen molar-refractivity contribution in [3.05, 3.63) is 81.1 Å². The van der Waals surface area contributed by atoms with Crippen LogP contribution in [0, 0.1) is 10.1 Å². The zero-order valence-corrected chi connectivity index (χ0v) is 14.3. The maximum absolute atomic E-state index is 12.9. The molecule has 0 radical (unpaired) electrons. The number of amides is 1. The zero-order chi connectivity index (χ0) is 18.3. The summed E-state index contributed by atoms with van der Waals surface area (Å²) in [5.74, 6) is -0.198. The number of benzene rings is 2. The monoisotopic (exact) mass is 368 g/mol. The predicted octanol–water partition coefficient (Wildman–Crippen LogP) is 3.64. The number of hydrogen-bond acceptors (Lipinski definition) is 4. The minimum atomic E-state index is -0.432. The highest BCUT2D eigenvalue weighted by Crippen LogP contribution is 2.32. The number of carbonyl (C=O) groups is 1. The second kappa shape index (κ2) is 6.27. The van der Waals surface area contributed by atoms with Crippen molar-refractivity contribution in [3.63, 3.8) is 0 Å². The van der Waals surface area contributed by atoms with Crippen molar-refractivity contribution in [1.29, 1.82) is 0 Å². The van der Waals surface area contributed by atoms with Gasteiger partial charge in [0, 0.05) is 30.6 Å². The molecule has 4 rings (SSSR count). The first kappa shape index (κ1) is 16.3. The van der Waals surface area contributed by atoms with Crippen molar-refractivity contribution in [2.24, 2.45) is 0 Å². The maximum atomic E-state index is 12.9. The number of aromatic nitrogens is 2. The van der Waals surface area contributed by atoms with Gasteiger partial charge in [0.05, 0.1) is 27.4 Å². The Labute approximate surface area is 153 Å². The minimum Gasteiger partial charge on any atom is -0.308 e. The number of halogens is 1. The first-order valence-corrected chi connectivity index (χ1v) is 8.31. The fourth-order valence-electron chi connectivity index (χ4n) is 3.07. The van der Waals surface area contributed by atoms with Crippen LogP contribution in [-0.4, -0.2) is 27.2 Å². The zero-order valence-electron chi connectivity index (χ0n) is 13.5. The van der Waals surface area contributed by atoms with Crippen LogP contribution in [0.15, 0.2) is 54.9 Å². The molecular formula is C18H13ClN4O3. The summed E-state index contributed by atoms with van der Waals surface area (Å²) < 4.78 is 1.56. The van der Waals surface area contributed by atoms with Crippen LogP contribution in [0.25, 0.3) is 5.69 Å². The molecule has 0 bridgehead atoms. The molecule has 7 nitrogen and oxygen atoms in total. The Hall–Kier alpha value is -3.19. The number of hydrogen-bond donors (Lipinski definition) is 0. The summed E-state index contributed by atoms with van der Waals surface area (Å²) in [5.41, 5.74) is 2.64. The van der Waals surface area contributed by atoms with Gasteiger partial charge in [-0.15, -0.1) is 0 Å². The van der Waals surface area contributed by atoms with Gasteiger partial charge in [-0.3, -0.25) is 14.9 Å². The molecule has 1 amide bonds. The summed E-state index contributed by atoms with van der Waals surface area (Å²) >= 11 is 6.17. The van der Waals surface area contributed by atoms with E-state index in [0.29, 0.717) is 34.9 Å². The molecule has 2 aromatic carbocycles. The number of nitrogens with zero attached hydrogens (tertiary/aromatic N) is 4. The molecule has 0 fully saturated rings. The van der Waals surface area contributed by atoms with Gasteiger partial charge in [-0.2, -0.15) is 5.10 Å². The topological polar surface area (TPSA) is 81.3 Å². The molecule has 1 aromatic heterocycles. The summed E-state index contributed by atoms with van der Waals surface area (Å²) in [7, 11) is 0. The first-order valence-electron chi connectivity index (χ1n) is 7.93. The van der Waals surface area contributed by atoms with Crippen LogP contribution in [-0.2, 0) is 6.42 Å². The van der Waals surface area contributed by atoms with E-state index in [2.05, 4.69) is 5.10 Å². The van der Waals surface area contributed by atoms with E-state index in [1.165, 1.54) is 18.3 Å². The molecule has 26 heavy (non-hydrogen) atoms. The Morgan fingerprint density at radius 3 is 2.77 bits per heavy atom. The lowest BCUT2D eigenvalue weighted by Crippen LogP contribution is -2.28. The van der Waals surface area contributed by atoms with E-state index in [0.717, 1.165) is 5.56 Å². The highest BCUT2D eigenvalue weighted by molar-refractivity contribution is 6.32. The molecule has 130 valence electrons. The fourth-order valence-corrected chi connectivity index (χ4v) is 3.29. The summed E-state index contributed by atoms with van der Waals surface area (Å²) in [6.07, 6.45) is 3.71. The number of anilines is 1. The summed E-state index contributed by atoms with van der Waals surface area (Å²) in [4.78, 5) is 25.0. The van der Waals surface area contributed by atoms with E-state index in [1.807, 2.05) is 18.2 Å². The molecule has 2 heterocycles. The van der Waals surface area contributed by atoms with E-state index < -0.39 is 4.92 Å². The summed E-state index contributed by atoms with van der Waals surface area (Å²) in [6, 6.07) is 11.8. The predicted molar refractivity (Wildman–Crippen MR) is 97.1 cm³/mol. The number of rotatable bonds is 3. The van der Waals surface area contributed by atoms with Gasteiger partial charge in [-0.05, 0) is 30.2 Å². The molecule has 0 unspecified atom stereocenters. The van der Waals surface area contributed by atoms with Crippen LogP contribution in [0.5, 0.6) is 0 Å². The SMILES string of the molecule is O=C(c1cnn(-c2ccccc2Cl)c1)N1CCc2cc([N+](=O)[O-])ccc21. The van der Waals surface area contributed by atoms with E-state index in [-0.39, 0.29) is 11.6 Å². The minimum absolute atomic E-state index is 0.0320. The Morgan fingerprint density at radius 2 is 2.00 bits per heavy atom. The normalized spacial score (nSPS) is 12.9. The molecule has 1 aliphatic rings. The average Bonchev–Trinajstić information content (AvgIpc) is 3.28. The largest absolute Gasteiger partial charge is 0.308 e. The van der Waals surface area contributed by atoms with Crippen LogP contribution in [0.3, 0.4) is 0 Å². The summed E-state index contributed by atoms with van der Waals surface area (Å²) in [5, 5.41) is 15.7. The third-order valence-electron chi connectivity index (χ3n) is 4.34. The van der Waals surface area contributed by atoms with Gasteiger partial charge in [0.25, 0.3) is 11.6 Å². The second-order valence-corrected chi connectivity index (χ2v) is 6.31. The molecule has 1 aliphatic heterocycles. The Morgan fingerprint density at radius 1 is 1.19 bits per heavy atom. The molecule has 0 saturated heterocycles. The lowest BCUT2D eigenvalue weighted by molar-refractivity contribution is -0.384. The van der Waals surface area contributed by atoms with Gasteiger partial charge < -0.3 is 4.90 Å². The number of carbonyl (C=O) groups excluding carboxylic acids is 1. The number of non-ortho nitro benzene ring substituents is 1. The van der Waals surface area contributed by atoms with E-state index >= 15 is 0 Å². The maximum Gasteiger partial charge on any atom is 0.269 e. The molecule has 0 spiro atoms. The number of nitro groups is 1. The van der Waals surface area contributed by atoms with Gasteiger partial charge >= 0.3 is 0 Å². The van der Waals surface area contributed by atoms with Crippen LogP contribution in [0.4, 0.5) is 11.4 Å². The Balaban J connectivity index is 1.63. The van der Waals surface area contributed by atoms with E-state index in [1.54, 1.807) is 27.9 Å². The molecule has 0 aliphatic carbocycles. The first-order chi connectivity index (χ1) is 12.5. The molecule has 3 aromatic rings. The van der Waals surface area contributed by atoms with E-state index in [9.17, 15) is 14.9 Å². The van der Waals surface area contributed by atoms with Crippen LogP contribution in [0.2, 0.25) is 5.02 Å². The Kier molecular flexibility index (Phi) is 3.93. The number of fused-ring (bicyclic) bond motifs is 1. The second-order valence-electron chi connectivity index (χ2n) is 5.90. The third kappa shape index (κ3) is 2.72. The van der Waals surface area contributed by atoms with Crippen LogP contribution >= 0.6 is 11.6 Å². The molecule has 0 saturated carbocycles. The van der Waals surface area contributed by atoms with Crippen molar-refractivity contribution in [1.82, 2.24) is 9.78 Å². The van der Waals surface area contributed by atoms with Gasteiger partial charge in [0.1, 0.15) is 0 Å². The molecular weight excluding hydrogens is 356 g/mol. The lowest BCUT2D eigenvalue weighted by Gasteiger charge is -2.16. The molecule has 0 atom stereocenters. The van der Waals surface area contributed by atoms with Crippen molar-refractivity contribution in [2.45, 2.75) is 6.42 Å². The van der Waals surface area contributed by atoms with Gasteiger partial charge in [0.2, 0.25) is 0 Å². The smallest absolute Gasteiger partial charge is 0.269 e. The van der Waals surface area contributed by atoms with Crippen LogP contribution in [0.1, 0.15) is 15.9 Å². The third-order valence-corrected chi connectivity index (χ3v) is 4.66. The van der Waals surface area contributed by atoms with Gasteiger partial charge in [-0.25, -0.2) is 4.68 Å². The average molecular weight is 369 g/mol. The molecule has 0 N–H and O–H groups in total. The fraction of sp³-hybridized carbons (Fsp3) is 0.111. The Bertz CT molecular complexity index is 1030. The van der Waals surface area contributed by atoms with Gasteiger partial charge in [-0.1, -0.05) is 23.7 Å². The van der Waals surface area contributed by atoms with Crippen molar-refractivity contribution in [2.75, 3.05) is 11.4 Å². The van der Waals surface area contributed by atoms with E-state index in [4.69, 9.17) is 11.6 Å². The van der Waals surface area contributed by atoms with Crippen molar-refractivity contribution >= 4 is 28.9 Å². The number of para-hydroxylation sites is 1. The molecule has 8 heteroatoms. The highest BCUT2D eigenvalue weighted by atomic mass is 35.5.